The summed E-state index contributed by atoms with van der Waals surface area (Å²) in [4.78, 5) is 27.9. The molecule has 22 heavy (non-hydrogen) atoms. The van der Waals surface area contributed by atoms with Gasteiger partial charge < -0.3 is 14.5 Å². The third kappa shape index (κ3) is 2.50. The summed E-state index contributed by atoms with van der Waals surface area (Å²) in [7, 11) is 0. The van der Waals surface area contributed by atoms with Crippen LogP contribution in [0, 0.1) is 5.92 Å². The summed E-state index contributed by atoms with van der Waals surface area (Å²) < 4.78 is 9.73. The van der Waals surface area contributed by atoms with Gasteiger partial charge in [-0.15, -0.1) is 5.10 Å². The molecule has 1 aromatic rings. The molecule has 3 fully saturated rings. The molecule has 4 rings (SSSR count). The van der Waals surface area contributed by atoms with Gasteiger partial charge in [-0.05, 0) is 24.4 Å². The lowest BCUT2D eigenvalue weighted by Gasteiger charge is -2.31. The van der Waals surface area contributed by atoms with Gasteiger partial charge in [0.2, 0.25) is 5.91 Å². The molecule has 3 aliphatic heterocycles. The van der Waals surface area contributed by atoms with Crippen LogP contribution in [0.4, 0.5) is 0 Å². The van der Waals surface area contributed by atoms with Crippen LogP contribution in [0.3, 0.4) is 0 Å². The summed E-state index contributed by atoms with van der Waals surface area (Å²) >= 11 is 1.18. The molecule has 0 spiro atoms. The highest BCUT2D eigenvalue weighted by Crippen LogP contribution is 2.35. The lowest BCUT2D eigenvalue weighted by molar-refractivity contribution is -0.137. The van der Waals surface area contributed by atoms with Gasteiger partial charge in [0.1, 0.15) is 0 Å². The highest BCUT2D eigenvalue weighted by atomic mass is 32.1. The molecule has 3 saturated heterocycles. The number of ether oxygens (including phenoxy) is 1. The topological polar surface area (TPSA) is 75.6 Å². The standard InChI is InChI=1S/C14H18N4O3S/c19-13(17-2-1-3-17)5-10-4-9-6-18(7-12(9)21-10)14(20)11-8-22-16-15-11/h8-10,12H,1-7H2/t9-,10-,12+/m0/s1. The van der Waals surface area contributed by atoms with E-state index in [2.05, 4.69) is 9.59 Å². The minimum Gasteiger partial charge on any atom is -0.372 e. The van der Waals surface area contributed by atoms with E-state index in [0.29, 0.717) is 31.1 Å². The molecule has 118 valence electrons. The van der Waals surface area contributed by atoms with Crippen LogP contribution in [0.1, 0.15) is 29.8 Å². The number of rotatable bonds is 3. The number of nitrogens with zero attached hydrogens (tertiary/aromatic N) is 4. The Morgan fingerprint density at radius 1 is 1.32 bits per heavy atom. The number of amides is 2. The van der Waals surface area contributed by atoms with Crippen LogP contribution in [0.2, 0.25) is 0 Å². The maximum atomic E-state index is 12.2. The van der Waals surface area contributed by atoms with Crippen molar-refractivity contribution in [3.63, 3.8) is 0 Å². The average Bonchev–Trinajstić information content (AvgIpc) is 3.10. The van der Waals surface area contributed by atoms with Crippen molar-refractivity contribution in [2.24, 2.45) is 5.92 Å². The first-order chi connectivity index (χ1) is 10.7. The van der Waals surface area contributed by atoms with Crippen molar-refractivity contribution in [3.8, 4) is 0 Å². The summed E-state index contributed by atoms with van der Waals surface area (Å²) in [6.07, 6.45) is 2.54. The number of likely N-dealkylation sites (tertiary alicyclic amines) is 2. The van der Waals surface area contributed by atoms with Gasteiger partial charge in [0.25, 0.3) is 5.91 Å². The van der Waals surface area contributed by atoms with E-state index in [1.807, 2.05) is 4.90 Å². The second-order valence-corrected chi connectivity index (χ2v) is 6.84. The van der Waals surface area contributed by atoms with E-state index in [1.165, 1.54) is 11.5 Å². The number of fused-ring (bicyclic) bond motifs is 1. The van der Waals surface area contributed by atoms with Crippen LogP contribution in [-0.4, -0.2) is 69.6 Å². The Kier molecular flexibility index (Phi) is 3.57. The molecule has 8 heteroatoms. The molecular formula is C14H18N4O3S. The number of carbonyl (C=O) groups is 2. The van der Waals surface area contributed by atoms with Crippen molar-refractivity contribution in [1.29, 1.82) is 0 Å². The molecule has 3 aliphatic rings. The highest BCUT2D eigenvalue weighted by molar-refractivity contribution is 7.03. The third-order valence-electron chi connectivity index (χ3n) is 4.79. The Bertz CT molecular complexity index is 561. The van der Waals surface area contributed by atoms with Crippen LogP contribution in [0.15, 0.2) is 5.38 Å². The average molecular weight is 322 g/mol. The van der Waals surface area contributed by atoms with E-state index in [-0.39, 0.29) is 24.0 Å². The fourth-order valence-corrected chi connectivity index (χ4v) is 3.90. The van der Waals surface area contributed by atoms with Crippen molar-refractivity contribution < 1.29 is 14.3 Å². The summed E-state index contributed by atoms with van der Waals surface area (Å²) in [6.45, 7) is 3.07. The summed E-state index contributed by atoms with van der Waals surface area (Å²) in [5.41, 5.74) is 0.412. The Morgan fingerprint density at radius 2 is 2.18 bits per heavy atom. The Balaban J connectivity index is 1.31. The lowest BCUT2D eigenvalue weighted by atomic mass is 10.0. The molecular weight excluding hydrogens is 304 g/mol. The summed E-state index contributed by atoms with van der Waals surface area (Å²) in [5, 5.41) is 5.50. The van der Waals surface area contributed by atoms with Gasteiger partial charge in [-0.2, -0.15) is 0 Å². The van der Waals surface area contributed by atoms with Crippen LogP contribution in [0.25, 0.3) is 0 Å². The van der Waals surface area contributed by atoms with Crippen molar-refractivity contribution in [2.75, 3.05) is 26.2 Å². The molecule has 0 radical (unpaired) electrons. The quantitative estimate of drug-likeness (QED) is 0.805. The molecule has 0 saturated carbocycles. The third-order valence-corrected chi connectivity index (χ3v) is 5.30. The van der Waals surface area contributed by atoms with E-state index in [0.717, 1.165) is 25.9 Å². The van der Waals surface area contributed by atoms with Crippen LogP contribution >= 0.6 is 11.5 Å². The SMILES string of the molecule is O=C(C[C@@H]1C[C@H]2CN(C(=O)c3csnn3)C[C@H]2O1)N1CCC1. The smallest absolute Gasteiger partial charge is 0.275 e. The molecule has 7 nitrogen and oxygen atoms in total. The van der Waals surface area contributed by atoms with E-state index in [4.69, 9.17) is 4.74 Å². The number of carbonyl (C=O) groups excluding carboxylic acids is 2. The summed E-state index contributed by atoms with van der Waals surface area (Å²) in [5.74, 6) is 0.474. The minimum absolute atomic E-state index is 0.0151. The van der Waals surface area contributed by atoms with Crippen LogP contribution in [-0.2, 0) is 9.53 Å². The zero-order valence-corrected chi connectivity index (χ0v) is 13.0. The van der Waals surface area contributed by atoms with Crippen molar-refractivity contribution in [1.82, 2.24) is 19.4 Å². The monoisotopic (exact) mass is 322 g/mol. The summed E-state index contributed by atoms with van der Waals surface area (Å²) in [6, 6.07) is 0. The zero-order valence-electron chi connectivity index (χ0n) is 12.2. The molecule has 3 atom stereocenters. The maximum absolute atomic E-state index is 12.2. The second-order valence-electron chi connectivity index (χ2n) is 6.23. The van der Waals surface area contributed by atoms with Gasteiger partial charge in [0.05, 0.1) is 18.6 Å². The van der Waals surface area contributed by atoms with Gasteiger partial charge in [-0.25, -0.2) is 0 Å². The number of hydrogen-bond acceptors (Lipinski definition) is 6. The molecule has 0 unspecified atom stereocenters. The molecule has 4 heterocycles. The van der Waals surface area contributed by atoms with Crippen molar-refractivity contribution in [3.05, 3.63) is 11.1 Å². The van der Waals surface area contributed by atoms with E-state index in [9.17, 15) is 9.59 Å². The molecule has 0 bridgehead atoms. The Hall–Kier alpha value is -1.54. The predicted molar refractivity (Wildman–Crippen MR) is 78.4 cm³/mol. The Labute approximate surface area is 132 Å². The molecule has 2 amide bonds. The van der Waals surface area contributed by atoms with E-state index >= 15 is 0 Å². The minimum atomic E-state index is -0.0695. The molecule has 0 aromatic carbocycles. The van der Waals surface area contributed by atoms with Gasteiger partial charge in [-0.1, -0.05) is 4.49 Å². The van der Waals surface area contributed by atoms with Crippen LogP contribution < -0.4 is 0 Å². The Morgan fingerprint density at radius 3 is 2.82 bits per heavy atom. The molecule has 0 N–H and O–H groups in total. The normalized spacial score (nSPS) is 30.3. The van der Waals surface area contributed by atoms with E-state index in [1.54, 1.807) is 10.3 Å². The first-order valence-electron chi connectivity index (χ1n) is 7.70. The number of hydrogen-bond donors (Lipinski definition) is 0. The van der Waals surface area contributed by atoms with E-state index < -0.39 is 0 Å². The fraction of sp³-hybridized carbons (Fsp3) is 0.714. The predicted octanol–water partition coefficient (Wildman–Crippen LogP) is 0.390. The van der Waals surface area contributed by atoms with Gasteiger partial charge in [0, 0.05) is 37.5 Å². The lowest BCUT2D eigenvalue weighted by Crippen LogP contribution is -2.43. The zero-order chi connectivity index (χ0) is 15.1. The van der Waals surface area contributed by atoms with Gasteiger partial charge in [-0.3, -0.25) is 9.59 Å². The number of aromatic nitrogens is 2. The van der Waals surface area contributed by atoms with Gasteiger partial charge in [0.15, 0.2) is 5.69 Å². The van der Waals surface area contributed by atoms with Gasteiger partial charge >= 0.3 is 0 Å². The molecule has 1 aromatic heterocycles. The first kappa shape index (κ1) is 14.1. The fourth-order valence-electron chi connectivity index (χ4n) is 3.47. The second kappa shape index (κ2) is 5.58. The highest BCUT2D eigenvalue weighted by Gasteiger charge is 2.44. The van der Waals surface area contributed by atoms with Crippen molar-refractivity contribution >= 4 is 23.3 Å². The van der Waals surface area contributed by atoms with Crippen molar-refractivity contribution in [2.45, 2.75) is 31.5 Å². The maximum Gasteiger partial charge on any atom is 0.275 e. The largest absolute Gasteiger partial charge is 0.372 e. The van der Waals surface area contributed by atoms with Crippen LogP contribution in [0.5, 0.6) is 0 Å². The first-order valence-corrected chi connectivity index (χ1v) is 8.54. The molecule has 0 aliphatic carbocycles.